The van der Waals surface area contributed by atoms with Gasteiger partial charge < -0.3 is 15.0 Å². The standard InChI is InChI=1S/C21H19N3O3/c1-27-19-11-9-15(13-18(19)24-12-4-7-20(24)25)22-21(26)17-10-8-14-5-2-3-6-16(14)23-17/h2-3,5-6,8-11,13H,4,7,12H2,1H3,(H,22,26). The number of para-hydroxylation sites is 1. The molecule has 1 N–H and O–H groups in total. The van der Waals surface area contributed by atoms with Crippen LogP contribution < -0.4 is 15.0 Å². The average Bonchev–Trinajstić information content (AvgIpc) is 3.13. The number of carbonyl (C=O) groups is 2. The molecular formula is C21H19N3O3. The molecule has 0 unspecified atom stereocenters. The van der Waals surface area contributed by atoms with Crippen molar-refractivity contribution in [1.29, 1.82) is 0 Å². The molecule has 27 heavy (non-hydrogen) atoms. The van der Waals surface area contributed by atoms with Crippen LogP contribution in [0.1, 0.15) is 23.3 Å². The van der Waals surface area contributed by atoms with Crippen LogP contribution in [0.25, 0.3) is 10.9 Å². The Morgan fingerprint density at radius 1 is 1.15 bits per heavy atom. The van der Waals surface area contributed by atoms with E-state index < -0.39 is 0 Å². The summed E-state index contributed by atoms with van der Waals surface area (Å²) in [4.78, 5) is 30.8. The Labute approximate surface area is 156 Å². The van der Waals surface area contributed by atoms with Gasteiger partial charge in [-0.25, -0.2) is 4.98 Å². The minimum absolute atomic E-state index is 0.0629. The molecule has 136 valence electrons. The highest BCUT2D eigenvalue weighted by atomic mass is 16.5. The van der Waals surface area contributed by atoms with Crippen LogP contribution in [0, 0.1) is 0 Å². The predicted molar refractivity (Wildman–Crippen MR) is 104 cm³/mol. The summed E-state index contributed by atoms with van der Waals surface area (Å²) < 4.78 is 5.38. The Hall–Kier alpha value is -3.41. The lowest BCUT2D eigenvalue weighted by molar-refractivity contribution is -0.117. The van der Waals surface area contributed by atoms with Gasteiger partial charge in [0.1, 0.15) is 11.4 Å². The summed E-state index contributed by atoms with van der Waals surface area (Å²) in [6, 6.07) is 16.5. The van der Waals surface area contributed by atoms with Gasteiger partial charge in [0.25, 0.3) is 5.91 Å². The minimum Gasteiger partial charge on any atom is -0.495 e. The lowest BCUT2D eigenvalue weighted by Gasteiger charge is -2.20. The quantitative estimate of drug-likeness (QED) is 0.770. The number of aromatic nitrogens is 1. The van der Waals surface area contributed by atoms with E-state index in [0.717, 1.165) is 17.3 Å². The van der Waals surface area contributed by atoms with Crippen LogP contribution in [0.4, 0.5) is 11.4 Å². The molecule has 6 nitrogen and oxygen atoms in total. The molecule has 2 heterocycles. The van der Waals surface area contributed by atoms with Crippen LogP contribution in [0.5, 0.6) is 5.75 Å². The number of carbonyl (C=O) groups excluding carboxylic acids is 2. The molecule has 1 aliphatic heterocycles. The van der Waals surface area contributed by atoms with E-state index in [4.69, 9.17) is 4.74 Å². The monoisotopic (exact) mass is 361 g/mol. The Kier molecular flexibility index (Phi) is 4.46. The number of hydrogen-bond acceptors (Lipinski definition) is 4. The van der Waals surface area contributed by atoms with Crippen LogP contribution >= 0.6 is 0 Å². The summed E-state index contributed by atoms with van der Waals surface area (Å²) >= 11 is 0. The first kappa shape index (κ1) is 17.0. The van der Waals surface area contributed by atoms with Crippen molar-refractivity contribution in [2.45, 2.75) is 12.8 Å². The third-order valence-corrected chi connectivity index (χ3v) is 4.63. The molecule has 1 aliphatic rings. The number of amides is 2. The maximum Gasteiger partial charge on any atom is 0.274 e. The van der Waals surface area contributed by atoms with E-state index in [1.54, 1.807) is 36.3 Å². The number of rotatable bonds is 4. The average molecular weight is 361 g/mol. The van der Waals surface area contributed by atoms with E-state index in [2.05, 4.69) is 10.3 Å². The van der Waals surface area contributed by atoms with Crippen molar-refractivity contribution in [3.63, 3.8) is 0 Å². The fraction of sp³-hybridized carbons (Fsp3) is 0.190. The second-order valence-corrected chi connectivity index (χ2v) is 6.38. The third kappa shape index (κ3) is 3.33. The molecule has 3 aromatic rings. The van der Waals surface area contributed by atoms with E-state index in [9.17, 15) is 9.59 Å². The van der Waals surface area contributed by atoms with Crippen LogP contribution in [0.2, 0.25) is 0 Å². The molecule has 0 spiro atoms. The Balaban J connectivity index is 1.61. The summed E-state index contributed by atoms with van der Waals surface area (Å²) in [5, 5.41) is 3.84. The van der Waals surface area contributed by atoms with Gasteiger partial charge in [-0.15, -0.1) is 0 Å². The van der Waals surface area contributed by atoms with Gasteiger partial charge in [-0.05, 0) is 36.8 Å². The number of nitrogens with zero attached hydrogens (tertiary/aromatic N) is 2. The highest BCUT2D eigenvalue weighted by Crippen LogP contribution is 2.34. The van der Waals surface area contributed by atoms with Gasteiger partial charge in [0.05, 0.1) is 18.3 Å². The van der Waals surface area contributed by atoms with Crippen LogP contribution in [0.3, 0.4) is 0 Å². The second kappa shape index (κ2) is 7.07. The van der Waals surface area contributed by atoms with Gasteiger partial charge >= 0.3 is 0 Å². The van der Waals surface area contributed by atoms with Crippen molar-refractivity contribution in [2.75, 3.05) is 23.9 Å². The first-order valence-electron chi connectivity index (χ1n) is 8.81. The largest absolute Gasteiger partial charge is 0.495 e. The minimum atomic E-state index is -0.301. The highest BCUT2D eigenvalue weighted by molar-refractivity contribution is 6.05. The maximum atomic E-state index is 12.6. The normalized spacial score (nSPS) is 13.8. The van der Waals surface area contributed by atoms with Crippen molar-refractivity contribution < 1.29 is 14.3 Å². The second-order valence-electron chi connectivity index (χ2n) is 6.38. The Morgan fingerprint density at radius 3 is 2.78 bits per heavy atom. The van der Waals surface area contributed by atoms with Gasteiger partial charge in [0.2, 0.25) is 5.91 Å². The van der Waals surface area contributed by atoms with E-state index in [-0.39, 0.29) is 11.8 Å². The van der Waals surface area contributed by atoms with Crippen molar-refractivity contribution in [1.82, 2.24) is 4.98 Å². The van der Waals surface area contributed by atoms with E-state index in [0.29, 0.717) is 35.8 Å². The zero-order chi connectivity index (χ0) is 18.8. The molecule has 4 rings (SSSR count). The number of ether oxygens (including phenoxy) is 1. The lowest BCUT2D eigenvalue weighted by Crippen LogP contribution is -2.24. The van der Waals surface area contributed by atoms with Crippen LogP contribution in [-0.4, -0.2) is 30.5 Å². The summed E-state index contributed by atoms with van der Waals surface area (Å²) in [7, 11) is 1.57. The summed E-state index contributed by atoms with van der Waals surface area (Å²) in [6.45, 7) is 0.652. The SMILES string of the molecule is COc1ccc(NC(=O)c2ccc3ccccc3n2)cc1N1CCCC1=O. The molecule has 1 fully saturated rings. The zero-order valence-electron chi connectivity index (χ0n) is 14.9. The van der Waals surface area contributed by atoms with Gasteiger partial charge in [-0.1, -0.05) is 24.3 Å². The summed E-state index contributed by atoms with van der Waals surface area (Å²) in [5.74, 6) is 0.365. The molecule has 0 atom stereocenters. The van der Waals surface area contributed by atoms with Gasteiger partial charge in [-0.2, -0.15) is 0 Å². The van der Waals surface area contributed by atoms with Crippen LogP contribution in [-0.2, 0) is 4.79 Å². The molecule has 6 heteroatoms. The highest BCUT2D eigenvalue weighted by Gasteiger charge is 2.25. The predicted octanol–water partition coefficient (Wildman–Crippen LogP) is 3.62. The Bertz CT molecular complexity index is 1030. The first-order valence-corrected chi connectivity index (χ1v) is 8.81. The molecule has 0 aliphatic carbocycles. The number of anilines is 2. The molecule has 0 radical (unpaired) electrons. The molecule has 1 aromatic heterocycles. The maximum absolute atomic E-state index is 12.6. The number of fused-ring (bicyclic) bond motifs is 1. The molecular weight excluding hydrogens is 342 g/mol. The number of nitrogens with one attached hydrogen (secondary N) is 1. The topological polar surface area (TPSA) is 71.5 Å². The molecule has 0 saturated carbocycles. The fourth-order valence-electron chi connectivity index (χ4n) is 3.27. The van der Waals surface area contributed by atoms with Gasteiger partial charge in [0, 0.05) is 24.0 Å². The third-order valence-electron chi connectivity index (χ3n) is 4.63. The van der Waals surface area contributed by atoms with E-state index >= 15 is 0 Å². The molecule has 0 bridgehead atoms. The zero-order valence-corrected chi connectivity index (χ0v) is 14.9. The molecule has 1 saturated heterocycles. The summed E-state index contributed by atoms with van der Waals surface area (Å²) in [5.41, 5.74) is 2.36. The Morgan fingerprint density at radius 2 is 2.00 bits per heavy atom. The summed E-state index contributed by atoms with van der Waals surface area (Å²) in [6.07, 6.45) is 1.35. The fourth-order valence-corrected chi connectivity index (χ4v) is 3.27. The van der Waals surface area contributed by atoms with Crippen molar-refractivity contribution in [2.24, 2.45) is 0 Å². The molecule has 2 aromatic carbocycles. The van der Waals surface area contributed by atoms with Gasteiger partial charge in [-0.3, -0.25) is 9.59 Å². The van der Waals surface area contributed by atoms with Gasteiger partial charge in [0.15, 0.2) is 0 Å². The number of hydrogen-bond donors (Lipinski definition) is 1. The smallest absolute Gasteiger partial charge is 0.274 e. The van der Waals surface area contributed by atoms with Crippen LogP contribution in [0.15, 0.2) is 54.6 Å². The number of methoxy groups -OCH3 is 1. The molecule has 2 amide bonds. The van der Waals surface area contributed by atoms with Crippen molar-refractivity contribution in [3.8, 4) is 5.75 Å². The van der Waals surface area contributed by atoms with E-state index in [1.165, 1.54) is 0 Å². The lowest BCUT2D eigenvalue weighted by atomic mass is 10.2. The van der Waals surface area contributed by atoms with Crippen molar-refractivity contribution in [3.05, 3.63) is 60.3 Å². The van der Waals surface area contributed by atoms with Crippen molar-refractivity contribution >= 4 is 34.1 Å². The van der Waals surface area contributed by atoms with E-state index in [1.807, 2.05) is 30.3 Å². The number of benzene rings is 2. The number of pyridine rings is 1. The first-order chi connectivity index (χ1) is 13.2.